The highest BCUT2D eigenvalue weighted by Gasteiger charge is 2.27. The summed E-state index contributed by atoms with van der Waals surface area (Å²) in [5.41, 5.74) is 0.759. The Labute approximate surface area is 96.6 Å². The molecule has 0 N–H and O–H groups in total. The van der Waals surface area contributed by atoms with E-state index in [0.29, 0.717) is 6.61 Å². The summed E-state index contributed by atoms with van der Waals surface area (Å²) in [7, 11) is 0. The lowest BCUT2D eigenvalue weighted by molar-refractivity contribution is 0.0817. The number of carbonyl (C=O) groups is 1. The Bertz CT molecular complexity index is 371. The first-order valence-electron chi connectivity index (χ1n) is 6.09. The second-order valence-corrected chi connectivity index (χ2v) is 4.36. The number of para-hydroxylation sites is 1. The van der Waals surface area contributed by atoms with Crippen molar-refractivity contribution in [1.29, 1.82) is 0 Å². The Morgan fingerprint density at radius 3 is 2.94 bits per heavy atom. The molecule has 16 heavy (non-hydrogen) atoms. The molecule has 0 spiro atoms. The summed E-state index contributed by atoms with van der Waals surface area (Å²) in [6.45, 7) is 2.73. The maximum Gasteiger partial charge on any atom is 0.173 e. The summed E-state index contributed by atoms with van der Waals surface area (Å²) in [4.78, 5) is 12.1. The highest BCUT2D eigenvalue weighted by Crippen LogP contribution is 2.29. The van der Waals surface area contributed by atoms with Gasteiger partial charge in [-0.15, -0.1) is 0 Å². The molecule has 0 amide bonds. The molecular formula is C14H18O2. The first-order valence-corrected chi connectivity index (χ1v) is 6.09. The van der Waals surface area contributed by atoms with Gasteiger partial charge in [-0.3, -0.25) is 4.79 Å². The van der Waals surface area contributed by atoms with E-state index in [9.17, 15) is 4.79 Å². The molecule has 2 rings (SSSR count). The number of hydrogen-bond acceptors (Lipinski definition) is 2. The fourth-order valence-electron chi connectivity index (χ4n) is 2.14. The predicted octanol–water partition coefficient (Wildman–Crippen LogP) is 3.46. The molecular weight excluding hydrogens is 200 g/mol. The maximum atomic E-state index is 12.1. The van der Waals surface area contributed by atoms with E-state index in [1.165, 1.54) is 12.8 Å². The van der Waals surface area contributed by atoms with E-state index in [1.807, 2.05) is 24.3 Å². The Morgan fingerprint density at radius 2 is 2.12 bits per heavy atom. The molecule has 1 atom stereocenters. The van der Waals surface area contributed by atoms with Crippen molar-refractivity contribution in [3.8, 4) is 5.75 Å². The molecule has 1 aliphatic rings. The van der Waals surface area contributed by atoms with Gasteiger partial charge in [-0.05, 0) is 18.6 Å². The van der Waals surface area contributed by atoms with Crippen LogP contribution in [0, 0.1) is 5.92 Å². The number of rotatable bonds is 4. The summed E-state index contributed by atoms with van der Waals surface area (Å²) in [5.74, 6) is 1.08. The zero-order valence-corrected chi connectivity index (χ0v) is 9.74. The monoisotopic (exact) mass is 218 g/mol. The van der Waals surface area contributed by atoms with Gasteiger partial charge in [0.1, 0.15) is 5.75 Å². The molecule has 0 aliphatic carbocycles. The Balaban J connectivity index is 2.03. The first kappa shape index (κ1) is 11.2. The van der Waals surface area contributed by atoms with Crippen molar-refractivity contribution >= 4 is 5.78 Å². The van der Waals surface area contributed by atoms with Crippen LogP contribution in [-0.4, -0.2) is 12.4 Å². The van der Waals surface area contributed by atoms with Crippen LogP contribution in [0.15, 0.2) is 24.3 Å². The van der Waals surface area contributed by atoms with E-state index < -0.39 is 0 Å². The Kier molecular flexibility index (Phi) is 3.60. The van der Waals surface area contributed by atoms with Crippen molar-refractivity contribution in [3.05, 3.63) is 29.8 Å². The highest BCUT2D eigenvalue weighted by atomic mass is 16.5. The van der Waals surface area contributed by atoms with Crippen LogP contribution in [0.5, 0.6) is 5.75 Å². The molecule has 0 radical (unpaired) electrons. The summed E-state index contributed by atoms with van der Waals surface area (Å²) in [6.07, 6.45) is 4.48. The van der Waals surface area contributed by atoms with Crippen LogP contribution in [-0.2, 0) is 0 Å². The lowest BCUT2D eigenvalue weighted by atomic mass is 9.91. The summed E-state index contributed by atoms with van der Waals surface area (Å²) in [5, 5.41) is 0. The molecule has 0 aromatic heterocycles. The van der Waals surface area contributed by atoms with Gasteiger partial charge in [-0.2, -0.15) is 0 Å². The molecule has 2 nitrogen and oxygen atoms in total. The number of ether oxygens (including phenoxy) is 1. The molecule has 1 heterocycles. The second kappa shape index (κ2) is 5.15. The molecule has 0 fully saturated rings. The zero-order chi connectivity index (χ0) is 11.4. The van der Waals surface area contributed by atoms with Gasteiger partial charge < -0.3 is 4.74 Å². The van der Waals surface area contributed by atoms with Gasteiger partial charge in [-0.1, -0.05) is 38.3 Å². The lowest BCUT2D eigenvalue weighted by Gasteiger charge is -2.23. The van der Waals surface area contributed by atoms with E-state index >= 15 is 0 Å². The standard InChI is InChI=1S/C14H18O2/c1-2-3-4-7-11-10-16-13-9-6-5-8-12(13)14(11)15/h5-6,8-9,11H,2-4,7,10H2,1H3. The number of Topliss-reactive ketones (excluding diaryl/α,β-unsaturated/α-hetero) is 1. The smallest absolute Gasteiger partial charge is 0.173 e. The third-order valence-electron chi connectivity index (χ3n) is 3.12. The van der Waals surface area contributed by atoms with E-state index in [0.717, 1.165) is 24.2 Å². The number of benzene rings is 1. The first-order chi connectivity index (χ1) is 7.83. The molecule has 1 unspecified atom stereocenters. The van der Waals surface area contributed by atoms with Crippen LogP contribution in [0.4, 0.5) is 0 Å². The van der Waals surface area contributed by atoms with Gasteiger partial charge in [0.2, 0.25) is 0 Å². The van der Waals surface area contributed by atoms with Crippen LogP contribution in [0.1, 0.15) is 43.0 Å². The van der Waals surface area contributed by atoms with Crippen molar-refractivity contribution in [3.63, 3.8) is 0 Å². The maximum absolute atomic E-state index is 12.1. The fraction of sp³-hybridized carbons (Fsp3) is 0.500. The number of unbranched alkanes of at least 4 members (excludes halogenated alkanes) is 2. The van der Waals surface area contributed by atoms with Gasteiger partial charge in [-0.25, -0.2) is 0 Å². The van der Waals surface area contributed by atoms with Crippen molar-refractivity contribution in [2.75, 3.05) is 6.61 Å². The van der Waals surface area contributed by atoms with Crippen LogP contribution in [0.3, 0.4) is 0 Å². The largest absolute Gasteiger partial charge is 0.492 e. The number of fused-ring (bicyclic) bond motifs is 1. The third-order valence-corrected chi connectivity index (χ3v) is 3.12. The van der Waals surface area contributed by atoms with Crippen LogP contribution in [0.2, 0.25) is 0 Å². The minimum Gasteiger partial charge on any atom is -0.492 e. The van der Waals surface area contributed by atoms with Crippen LogP contribution in [0.25, 0.3) is 0 Å². The summed E-state index contributed by atoms with van der Waals surface area (Å²) < 4.78 is 5.62. The van der Waals surface area contributed by atoms with Crippen molar-refractivity contribution < 1.29 is 9.53 Å². The van der Waals surface area contributed by atoms with E-state index in [-0.39, 0.29) is 11.7 Å². The van der Waals surface area contributed by atoms with Crippen LogP contribution < -0.4 is 4.74 Å². The fourth-order valence-corrected chi connectivity index (χ4v) is 2.14. The zero-order valence-electron chi connectivity index (χ0n) is 9.74. The second-order valence-electron chi connectivity index (χ2n) is 4.36. The molecule has 1 aliphatic heterocycles. The highest BCUT2D eigenvalue weighted by molar-refractivity contribution is 6.01. The third kappa shape index (κ3) is 2.26. The van der Waals surface area contributed by atoms with Gasteiger partial charge >= 0.3 is 0 Å². The minimum absolute atomic E-state index is 0.0708. The molecule has 0 saturated heterocycles. The molecule has 2 heteroatoms. The molecule has 1 aromatic carbocycles. The predicted molar refractivity (Wildman–Crippen MR) is 63.9 cm³/mol. The molecule has 0 saturated carbocycles. The van der Waals surface area contributed by atoms with Gasteiger partial charge in [0.25, 0.3) is 0 Å². The summed E-state index contributed by atoms with van der Waals surface area (Å²) in [6, 6.07) is 7.54. The molecule has 86 valence electrons. The van der Waals surface area contributed by atoms with E-state index in [4.69, 9.17) is 4.74 Å². The van der Waals surface area contributed by atoms with Crippen LogP contribution >= 0.6 is 0 Å². The van der Waals surface area contributed by atoms with Crippen molar-refractivity contribution in [2.45, 2.75) is 32.6 Å². The van der Waals surface area contributed by atoms with Gasteiger partial charge in [0, 0.05) is 0 Å². The molecule has 0 bridgehead atoms. The summed E-state index contributed by atoms with van der Waals surface area (Å²) >= 11 is 0. The average molecular weight is 218 g/mol. The number of hydrogen-bond donors (Lipinski definition) is 0. The van der Waals surface area contributed by atoms with E-state index in [2.05, 4.69) is 6.92 Å². The minimum atomic E-state index is 0.0708. The Morgan fingerprint density at radius 1 is 1.31 bits per heavy atom. The van der Waals surface area contributed by atoms with Crippen molar-refractivity contribution in [2.24, 2.45) is 5.92 Å². The van der Waals surface area contributed by atoms with Gasteiger partial charge in [0.05, 0.1) is 18.1 Å². The van der Waals surface area contributed by atoms with E-state index in [1.54, 1.807) is 0 Å². The number of ketones is 1. The Hall–Kier alpha value is -1.31. The van der Waals surface area contributed by atoms with Gasteiger partial charge in [0.15, 0.2) is 5.78 Å². The lowest BCUT2D eigenvalue weighted by Crippen LogP contribution is -2.27. The van der Waals surface area contributed by atoms with Crippen molar-refractivity contribution in [1.82, 2.24) is 0 Å². The topological polar surface area (TPSA) is 26.3 Å². The SMILES string of the molecule is CCCCCC1COc2ccccc2C1=O. The average Bonchev–Trinajstić information content (AvgIpc) is 2.33. The number of carbonyl (C=O) groups excluding carboxylic acids is 1. The normalized spacial score (nSPS) is 19.1. The quantitative estimate of drug-likeness (QED) is 0.723. The molecule has 1 aromatic rings.